The van der Waals surface area contributed by atoms with E-state index in [-0.39, 0.29) is 11.4 Å². The summed E-state index contributed by atoms with van der Waals surface area (Å²) in [7, 11) is 1.53. The summed E-state index contributed by atoms with van der Waals surface area (Å²) in [5, 5.41) is 4.18. The van der Waals surface area contributed by atoms with Crippen LogP contribution in [0.1, 0.15) is 5.56 Å². The Morgan fingerprint density at radius 2 is 1.90 bits per heavy atom. The summed E-state index contributed by atoms with van der Waals surface area (Å²) in [6.45, 7) is -0.360. The second-order valence-electron chi connectivity index (χ2n) is 6.73. The van der Waals surface area contributed by atoms with E-state index in [1.165, 1.54) is 7.11 Å². The second-order valence-corrected chi connectivity index (χ2v) is 8.64. The Bertz CT molecular complexity index is 1240. The van der Waals surface area contributed by atoms with Gasteiger partial charge >= 0.3 is 0 Å². The number of benzene rings is 3. The van der Waals surface area contributed by atoms with Crippen LogP contribution in [-0.4, -0.2) is 35.6 Å². The summed E-state index contributed by atoms with van der Waals surface area (Å²) in [6, 6.07) is 18.6. The number of anilines is 1. The lowest BCUT2D eigenvalue weighted by molar-refractivity contribution is -0.127. The van der Waals surface area contributed by atoms with Gasteiger partial charge in [0, 0.05) is 21.1 Å². The van der Waals surface area contributed by atoms with Crippen LogP contribution in [0.4, 0.5) is 10.5 Å². The van der Waals surface area contributed by atoms with E-state index in [1.807, 2.05) is 42.5 Å². The highest BCUT2D eigenvalue weighted by Gasteiger charge is 2.36. The fraction of sp³-hybridized carbons (Fsp3) is 0.0870. The Balaban J connectivity index is 1.52. The zero-order valence-corrected chi connectivity index (χ0v) is 18.8. The predicted octanol–water partition coefficient (Wildman–Crippen LogP) is 5.29. The third-order valence-electron chi connectivity index (χ3n) is 4.72. The molecule has 4 rings (SSSR count). The molecule has 6 nitrogen and oxygen atoms in total. The third-order valence-corrected chi connectivity index (χ3v) is 6.12. The number of amides is 3. The van der Waals surface area contributed by atoms with Crippen LogP contribution >= 0.6 is 27.7 Å². The van der Waals surface area contributed by atoms with Crippen LogP contribution in [0.3, 0.4) is 0 Å². The van der Waals surface area contributed by atoms with E-state index in [0.717, 1.165) is 31.9 Å². The molecule has 1 saturated heterocycles. The molecule has 8 heteroatoms. The lowest BCUT2D eigenvalue weighted by Gasteiger charge is -2.13. The monoisotopic (exact) mass is 496 g/mol. The third kappa shape index (κ3) is 4.50. The molecule has 0 saturated carbocycles. The molecule has 0 bridgehead atoms. The van der Waals surface area contributed by atoms with Crippen LogP contribution in [0.25, 0.3) is 16.8 Å². The van der Waals surface area contributed by atoms with E-state index in [4.69, 9.17) is 4.74 Å². The van der Waals surface area contributed by atoms with E-state index in [0.29, 0.717) is 17.0 Å². The maximum Gasteiger partial charge on any atom is 0.294 e. The summed E-state index contributed by atoms with van der Waals surface area (Å²) in [5.41, 5.74) is 1.28. The van der Waals surface area contributed by atoms with Crippen molar-refractivity contribution in [3.05, 3.63) is 75.6 Å². The van der Waals surface area contributed by atoms with E-state index in [2.05, 4.69) is 21.2 Å². The van der Waals surface area contributed by atoms with Crippen molar-refractivity contribution in [2.75, 3.05) is 19.0 Å². The van der Waals surface area contributed by atoms with Gasteiger partial charge in [-0.1, -0.05) is 52.3 Å². The molecule has 0 aromatic heterocycles. The van der Waals surface area contributed by atoms with Crippen LogP contribution < -0.4 is 10.1 Å². The number of thioether (sulfide) groups is 1. The van der Waals surface area contributed by atoms with Crippen molar-refractivity contribution < 1.29 is 19.1 Å². The average molecular weight is 497 g/mol. The number of carbonyl (C=O) groups excluding carboxylic acids is 3. The number of hydrogen-bond donors (Lipinski definition) is 1. The number of imide groups is 1. The molecule has 1 heterocycles. The predicted molar refractivity (Wildman–Crippen MR) is 126 cm³/mol. The molecule has 0 aliphatic carbocycles. The second kappa shape index (κ2) is 8.95. The zero-order chi connectivity index (χ0) is 22.0. The minimum Gasteiger partial charge on any atom is -0.496 e. The first kappa shape index (κ1) is 21.1. The van der Waals surface area contributed by atoms with Crippen LogP contribution in [0.15, 0.2) is 70.0 Å². The van der Waals surface area contributed by atoms with Crippen molar-refractivity contribution in [2.24, 2.45) is 0 Å². The number of halogens is 1. The van der Waals surface area contributed by atoms with Gasteiger partial charge in [0.05, 0.1) is 12.0 Å². The van der Waals surface area contributed by atoms with Gasteiger partial charge in [-0.3, -0.25) is 19.3 Å². The number of ether oxygens (including phenoxy) is 1. The van der Waals surface area contributed by atoms with Crippen molar-refractivity contribution in [1.29, 1.82) is 0 Å². The standard InChI is InChI=1S/C23H17BrN2O4S/c1-30-19-10-9-16(24)11-15(19)12-20-22(28)26(23(29)31-20)13-21(27)25-18-8-4-6-14-5-2-3-7-17(14)18/h2-12H,13H2,1H3,(H,25,27)/b20-12+. The molecular formula is C23H17BrN2O4S. The van der Waals surface area contributed by atoms with Gasteiger partial charge in [0.15, 0.2) is 0 Å². The molecule has 0 unspecified atom stereocenters. The van der Waals surface area contributed by atoms with Crippen LogP contribution in [0.2, 0.25) is 0 Å². The van der Waals surface area contributed by atoms with E-state index in [1.54, 1.807) is 24.3 Å². The van der Waals surface area contributed by atoms with Crippen LogP contribution in [-0.2, 0) is 9.59 Å². The number of methoxy groups -OCH3 is 1. The highest BCUT2D eigenvalue weighted by atomic mass is 79.9. The lowest BCUT2D eigenvalue weighted by Crippen LogP contribution is -2.36. The zero-order valence-electron chi connectivity index (χ0n) is 16.4. The van der Waals surface area contributed by atoms with Crippen LogP contribution in [0, 0.1) is 0 Å². The summed E-state index contributed by atoms with van der Waals surface area (Å²) in [4.78, 5) is 39.0. The molecule has 1 N–H and O–H groups in total. The fourth-order valence-electron chi connectivity index (χ4n) is 3.26. The Morgan fingerprint density at radius 3 is 2.71 bits per heavy atom. The minimum atomic E-state index is -0.509. The summed E-state index contributed by atoms with van der Waals surface area (Å²) in [5.74, 6) is -0.381. The van der Waals surface area contributed by atoms with Gasteiger partial charge in [-0.2, -0.15) is 0 Å². The SMILES string of the molecule is COc1ccc(Br)cc1/C=C1/SC(=O)N(CC(=O)Nc2cccc3ccccc23)C1=O. The Hall–Kier alpha value is -3.10. The summed E-state index contributed by atoms with van der Waals surface area (Å²) >= 11 is 4.19. The van der Waals surface area contributed by atoms with Gasteiger partial charge < -0.3 is 10.1 Å². The van der Waals surface area contributed by atoms with Crippen molar-refractivity contribution in [3.63, 3.8) is 0 Å². The van der Waals surface area contributed by atoms with E-state index >= 15 is 0 Å². The number of nitrogens with zero attached hydrogens (tertiary/aromatic N) is 1. The average Bonchev–Trinajstić information content (AvgIpc) is 3.01. The maximum atomic E-state index is 12.8. The van der Waals surface area contributed by atoms with Crippen LogP contribution in [0.5, 0.6) is 5.75 Å². The quantitative estimate of drug-likeness (QED) is 0.485. The normalized spacial score (nSPS) is 15.0. The molecule has 3 amide bonds. The smallest absolute Gasteiger partial charge is 0.294 e. The molecule has 0 spiro atoms. The minimum absolute atomic E-state index is 0.236. The number of fused-ring (bicyclic) bond motifs is 1. The van der Waals surface area contributed by atoms with Gasteiger partial charge in [-0.25, -0.2) is 0 Å². The van der Waals surface area contributed by atoms with Crippen molar-refractivity contribution in [2.45, 2.75) is 0 Å². The Morgan fingerprint density at radius 1 is 1.13 bits per heavy atom. The number of rotatable bonds is 5. The molecule has 0 atom stereocenters. The number of carbonyl (C=O) groups is 3. The summed E-state index contributed by atoms with van der Waals surface area (Å²) < 4.78 is 6.13. The number of nitrogens with one attached hydrogen (secondary N) is 1. The molecule has 1 fully saturated rings. The number of hydrogen-bond acceptors (Lipinski definition) is 5. The Labute approximate surface area is 191 Å². The van der Waals surface area contributed by atoms with Crippen molar-refractivity contribution in [1.82, 2.24) is 4.90 Å². The van der Waals surface area contributed by atoms with Gasteiger partial charge in [0.2, 0.25) is 5.91 Å². The first-order valence-electron chi connectivity index (χ1n) is 9.33. The molecule has 3 aromatic carbocycles. The van der Waals surface area contributed by atoms with E-state index in [9.17, 15) is 14.4 Å². The fourth-order valence-corrected chi connectivity index (χ4v) is 4.47. The molecule has 0 radical (unpaired) electrons. The van der Waals surface area contributed by atoms with Crippen molar-refractivity contribution >= 4 is 67.3 Å². The van der Waals surface area contributed by atoms with Gasteiger partial charge in [0.1, 0.15) is 12.3 Å². The molecule has 156 valence electrons. The topological polar surface area (TPSA) is 75.7 Å². The molecule has 1 aliphatic heterocycles. The van der Waals surface area contributed by atoms with Gasteiger partial charge in [-0.05, 0) is 47.5 Å². The van der Waals surface area contributed by atoms with Gasteiger partial charge in [-0.15, -0.1) is 0 Å². The lowest BCUT2D eigenvalue weighted by atomic mass is 10.1. The van der Waals surface area contributed by atoms with Gasteiger partial charge in [0.25, 0.3) is 11.1 Å². The Kier molecular flexibility index (Phi) is 6.11. The molecular weight excluding hydrogens is 480 g/mol. The van der Waals surface area contributed by atoms with E-state index < -0.39 is 17.1 Å². The largest absolute Gasteiger partial charge is 0.496 e. The maximum absolute atomic E-state index is 12.8. The first-order valence-corrected chi connectivity index (χ1v) is 10.9. The molecule has 3 aromatic rings. The molecule has 31 heavy (non-hydrogen) atoms. The highest BCUT2D eigenvalue weighted by molar-refractivity contribution is 9.10. The first-order chi connectivity index (χ1) is 15.0. The highest BCUT2D eigenvalue weighted by Crippen LogP contribution is 2.34. The molecule has 1 aliphatic rings. The summed E-state index contributed by atoms with van der Waals surface area (Å²) in [6.07, 6.45) is 1.59. The van der Waals surface area contributed by atoms with Crippen molar-refractivity contribution in [3.8, 4) is 5.75 Å².